The molecule has 1 heterocycles. The predicted molar refractivity (Wildman–Crippen MR) is 74.4 cm³/mol. The number of halogens is 2. The van der Waals surface area contributed by atoms with E-state index in [2.05, 4.69) is 21.4 Å². The van der Waals surface area contributed by atoms with Crippen LogP contribution in [0.1, 0.15) is 15.2 Å². The first-order valence-corrected chi connectivity index (χ1v) is 6.94. The van der Waals surface area contributed by atoms with E-state index in [1.54, 1.807) is 17.5 Å². The molecule has 0 saturated carbocycles. The van der Waals surface area contributed by atoms with Gasteiger partial charge in [0.25, 0.3) is 5.91 Å². The molecule has 2 aromatic rings. The molecule has 7 heteroatoms. The van der Waals surface area contributed by atoms with Crippen molar-refractivity contribution < 1.29 is 13.9 Å². The van der Waals surface area contributed by atoms with Crippen LogP contribution in [0.25, 0.3) is 0 Å². The van der Waals surface area contributed by atoms with Gasteiger partial charge in [-0.2, -0.15) is 0 Å². The van der Waals surface area contributed by atoms with Crippen LogP contribution in [0.3, 0.4) is 0 Å². The Hall–Kier alpha value is -1.44. The van der Waals surface area contributed by atoms with E-state index in [9.17, 15) is 9.18 Å². The Morgan fingerprint density at radius 2 is 2.26 bits per heavy atom. The van der Waals surface area contributed by atoms with E-state index >= 15 is 0 Å². The van der Waals surface area contributed by atoms with Crippen molar-refractivity contribution in [2.75, 3.05) is 0 Å². The van der Waals surface area contributed by atoms with Gasteiger partial charge in [0.1, 0.15) is 6.61 Å². The smallest absolute Gasteiger partial charge is 0.275 e. The molecule has 0 bridgehead atoms. The summed E-state index contributed by atoms with van der Waals surface area (Å²) >= 11 is 4.42. The lowest BCUT2D eigenvalue weighted by atomic mass is 10.2. The number of amides is 1. The summed E-state index contributed by atoms with van der Waals surface area (Å²) in [5, 5.41) is 1.75. The van der Waals surface area contributed by atoms with Crippen LogP contribution in [0.2, 0.25) is 0 Å². The summed E-state index contributed by atoms with van der Waals surface area (Å²) < 4.78 is 19.5. The Kier molecular flexibility index (Phi) is 4.52. The standard InChI is InChI=1S/C12H10BrFN2O2S/c13-8-1-2-10(9(14)5-8)18-6-7-3-4-19-11(7)12(17)16-15/h1-5H,6,15H2,(H,16,17). The lowest BCUT2D eigenvalue weighted by molar-refractivity contribution is 0.0955. The van der Waals surface area contributed by atoms with Crippen molar-refractivity contribution in [3.05, 3.63) is 50.4 Å². The third kappa shape index (κ3) is 3.31. The molecule has 0 spiro atoms. The van der Waals surface area contributed by atoms with E-state index in [-0.39, 0.29) is 18.3 Å². The highest BCUT2D eigenvalue weighted by Gasteiger charge is 2.13. The topological polar surface area (TPSA) is 64.3 Å². The summed E-state index contributed by atoms with van der Waals surface area (Å²) in [4.78, 5) is 11.9. The van der Waals surface area contributed by atoms with Gasteiger partial charge in [-0.25, -0.2) is 10.2 Å². The van der Waals surface area contributed by atoms with Crippen LogP contribution in [0.5, 0.6) is 5.75 Å². The number of nitrogens with one attached hydrogen (secondary N) is 1. The molecule has 0 atom stereocenters. The van der Waals surface area contributed by atoms with Gasteiger partial charge in [-0.1, -0.05) is 15.9 Å². The lowest BCUT2D eigenvalue weighted by Gasteiger charge is -2.07. The van der Waals surface area contributed by atoms with Gasteiger partial charge in [-0.05, 0) is 29.6 Å². The number of rotatable bonds is 4. The van der Waals surface area contributed by atoms with Crippen LogP contribution in [0, 0.1) is 5.82 Å². The Labute approximate surface area is 121 Å². The van der Waals surface area contributed by atoms with Crippen LogP contribution >= 0.6 is 27.3 Å². The summed E-state index contributed by atoms with van der Waals surface area (Å²) in [6, 6.07) is 6.26. The number of nitrogen functional groups attached to an aromatic ring is 1. The molecular formula is C12H10BrFN2O2S. The highest BCUT2D eigenvalue weighted by Crippen LogP contribution is 2.24. The average molecular weight is 345 g/mol. The second kappa shape index (κ2) is 6.14. The lowest BCUT2D eigenvalue weighted by Crippen LogP contribution is -2.30. The maximum atomic E-state index is 13.6. The first-order chi connectivity index (χ1) is 9.11. The predicted octanol–water partition coefficient (Wildman–Crippen LogP) is 2.83. The fraction of sp³-hybridized carbons (Fsp3) is 0.0833. The minimum absolute atomic E-state index is 0.102. The molecule has 0 fully saturated rings. The summed E-state index contributed by atoms with van der Waals surface area (Å²) in [5.41, 5.74) is 2.72. The molecule has 0 saturated heterocycles. The largest absolute Gasteiger partial charge is 0.486 e. The molecule has 3 N–H and O–H groups in total. The molecule has 0 unspecified atom stereocenters. The van der Waals surface area contributed by atoms with Crippen molar-refractivity contribution in [1.29, 1.82) is 0 Å². The number of benzene rings is 1. The fourth-order valence-electron chi connectivity index (χ4n) is 1.46. The molecule has 0 aliphatic rings. The minimum Gasteiger partial charge on any atom is -0.486 e. The third-order valence-corrected chi connectivity index (χ3v) is 3.81. The number of thiophene rings is 1. The number of hydrazine groups is 1. The van der Waals surface area contributed by atoms with Crippen molar-refractivity contribution in [2.45, 2.75) is 6.61 Å². The number of nitrogens with two attached hydrogens (primary N) is 1. The first-order valence-electron chi connectivity index (χ1n) is 5.27. The number of hydrogen-bond acceptors (Lipinski definition) is 4. The zero-order chi connectivity index (χ0) is 13.8. The van der Waals surface area contributed by atoms with E-state index in [0.717, 1.165) is 0 Å². The van der Waals surface area contributed by atoms with E-state index in [1.165, 1.54) is 23.5 Å². The van der Waals surface area contributed by atoms with Crippen molar-refractivity contribution in [2.24, 2.45) is 5.84 Å². The molecule has 100 valence electrons. The van der Waals surface area contributed by atoms with Gasteiger partial charge < -0.3 is 4.74 Å². The molecule has 4 nitrogen and oxygen atoms in total. The van der Waals surface area contributed by atoms with Crippen LogP contribution < -0.4 is 16.0 Å². The van der Waals surface area contributed by atoms with Gasteiger partial charge in [-0.15, -0.1) is 11.3 Å². The Bertz CT molecular complexity index is 603. The molecule has 2 rings (SSSR count). The van der Waals surface area contributed by atoms with Crippen molar-refractivity contribution in [3.8, 4) is 5.75 Å². The maximum absolute atomic E-state index is 13.6. The number of hydrogen-bond donors (Lipinski definition) is 2. The van der Waals surface area contributed by atoms with E-state index in [1.807, 2.05) is 0 Å². The molecule has 0 radical (unpaired) electrons. The molecular weight excluding hydrogens is 335 g/mol. The third-order valence-electron chi connectivity index (χ3n) is 2.36. The Morgan fingerprint density at radius 3 is 2.95 bits per heavy atom. The quantitative estimate of drug-likeness (QED) is 0.509. The van der Waals surface area contributed by atoms with E-state index < -0.39 is 5.82 Å². The van der Waals surface area contributed by atoms with Crippen LogP contribution in [-0.2, 0) is 6.61 Å². The van der Waals surface area contributed by atoms with Crippen LogP contribution in [0.15, 0.2) is 34.1 Å². The zero-order valence-electron chi connectivity index (χ0n) is 9.65. The highest BCUT2D eigenvalue weighted by atomic mass is 79.9. The molecule has 19 heavy (non-hydrogen) atoms. The zero-order valence-corrected chi connectivity index (χ0v) is 12.1. The molecule has 1 aromatic carbocycles. The highest BCUT2D eigenvalue weighted by molar-refractivity contribution is 9.10. The minimum atomic E-state index is -0.463. The van der Waals surface area contributed by atoms with Gasteiger partial charge in [0.05, 0.1) is 4.88 Å². The van der Waals surface area contributed by atoms with Crippen LogP contribution in [0.4, 0.5) is 4.39 Å². The normalized spacial score (nSPS) is 10.3. The number of carbonyl (C=O) groups excluding carboxylic acids is 1. The maximum Gasteiger partial charge on any atom is 0.275 e. The van der Waals surface area contributed by atoms with Gasteiger partial charge in [0.15, 0.2) is 11.6 Å². The Balaban J connectivity index is 2.10. The van der Waals surface area contributed by atoms with Gasteiger partial charge in [0, 0.05) is 10.0 Å². The summed E-state index contributed by atoms with van der Waals surface area (Å²) in [7, 11) is 0. The summed E-state index contributed by atoms with van der Waals surface area (Å²) in [6.07, 6.45) is 0. The SMILES string of the molecule is NNC(=O)c1sccc1COc1ccc(Br)cc1F. The number of ether oxygens (including phenoxy) is 1. The van der Waals surface area contributed by atoms with Crippen molar-refractivity contribution in [3.63, 3.8) is 0 Å². The molecule has 0 aliphatic carbocycles. The van der Waals surface area contributed by atoms with Gasteiger partial charge in [0.2, 0.25) is 0 Å². The van der Waals surface area contributed by atoms with Gasteiger partial charge >= 0.3 is 0 Å². The Morgan fingerprint density at radius 1 is 1.47 bits per heavy atom. The monoisotopic (exact) mass is 344 g/mol. The van der Waals surface area contributed by atoms with E-state index in [0.29, 0.717) is 14.9 Å². The van der Waals surface area contributed by atoms with Crippen molar-refractivity contribution >= 4 is 33.2 Å². The number of carbonyl (C=O) groups is 1. The fourth-order valence-corrected chi connectivity index (χ4v) is 2.61. The second-order valence-corrected chi connectivity index (χ2v) is 5.44. The summed E-state index contributed by atoms with van der Waals surface area (Å²) in [5.74, 6) is 4.37. The van der Waals surface area contributed by atoms with Gasteiger partial charge in [-0.3, -0.25) is 10.2 Å². The molecule has 1 amide bonds. The molecule has 1 aromatic heterocycles. The van der Waals surface area contributed by atoms with Crippen LogP contribution in [-0.4, -0.2) is 5.91 Å². The van der Waals surface area contributed by atoms with Crippen molar-refractivity contribution in [1.82, 2.24) is 5.43 Å². The first kappa shape index (κ1) is 14.0. The average Bonchev–Trinajstić information content (AvgIpc) is 2.85. The second-order valence-electron chi connectivity index (χ2n) is 3.61. The molecule has 0 aliphatic heterocycles. The van der Waals surface area contributed by atoms with E-state index in [4.69, 9.17) is 10.6 Å². The summed E-state index contributed by atoms with van der Waals surface area (Å²) in [6.45, 7) is 0.102.